The summed E-state index contributed by atoms with van der Waals surface area (Å²) in [5, 5.41) is 2.62. The zero-order valence-electron chi connectivity index (χ0n) is 12.9. The summed E-state index contributed by atoms with van der Waals surface area (Å²) in [5.74, 6) is -0.477. The van der Waals surface area contributed by atoms with E-state index >= 15 is 0 Å². The van der Waals surface area contributed by atoms with E-state index in [1.807, 2.05) is 13.0 Å². The van der Waals surface area contributed by atoms with Gasteiger partial charge in [0.05, 0.1) is 5.56 Å². The summed E-state index contributed by atoms with van der Waals surface area (Å²) in [7, 11) is 0. The third kappa shape index (κ3) is 4.57. The van der Waals surface area contributed by atoms with Gasteiger partial charge in [-0.15, -0.1) is 0 Å². The predicted octanol–water partition coefficient (Wildman–Crippen LogP) is 1.31. The fraction of sp³-hybridized carbons (Fsp3) is 0.312. The largest absolute Gasteiger partial charge is 0.368 e. The first-order valence-corrected chi connectivity index (χ1v) is 7.44. The van der Waals surface area contributed by atoms with Gasteiger partial charge in [0.25, 0.3) is 5.91 Å². The lowest BCUT2D eigenvalue weighted by Gasteiger charge is -2.14. The molecule has 0 aromatic carbocycles. The van der Waals surface area contributed by atoms with Crippen LogP contribution in [0.1, 0.15) is 36.5 Å². The van der Waals surface area contributed by atoms with Gasteiger partial charge in [0, 0.05) is 30.4 Å². The van der Waals surface area contributed by atoms with Gasteiger partial charge >= 0.3 is 0 Å². The van der Waals surface area contributed by atoms with Crippen molar-refractivity contribution < 1.29 is 9.59 Å². The Morgan fingerprint density at radius 1 is 1.26 bits per heavy atom. The van der Waals surface area contributed by atoms with E-state index in [0.717, 1.165) is 18.4 Å². The molecular formula is C16H19N5O2. The molecule has 0 aliphatic heterocycles. The molecule has 2 rings (SSSR count). The summed E-state index contributed by atoms with van der Waals surface area (Å²) < 4.78 is 0. The van der Waals surface area contributed by atoms with Crippen molar-refractivity contribution in [2.24, 2.45) is 5.73 Å². The van der Waals surface area contributed by atoms with Gasteiger partial charge in [-0.25, -0.2) is 9.97 Å². The van der Waals surface area contributed by atoms with E-state index in [1.54, 1.807) is 18.5 Å². The van der Waals surface area contributed by atoms with Gasteiger partial charge in [-0.2, -0.15) is 0 Å². The van der Waals surface area contributed by atoms with Crippen LogP contribution in [-0.2, 0) is 4.79 Å². The number of rotatable bonds is 7. The first-order valence-electron chi connectivity index (χ1n) is 7.44. The second-order valence-electron chi connectivity index (χ2n) is 5.11. The van der Waals surface area contributed by atoms with E-state index in [9.17, 15) is 9.59 Å². The van der Waals surface area contributed by atoms with Crippen molar-refractivity contribution in [3.8, 4) is 11.4 Å². The van der Waals surface area contributed by atoms with Crippen molar-refractivity contribution >= 4 is 11.8 Å². The maximum Gasteiger partial charge on any atom is 0.255 e. The number of hydrogen-bond donors (Lipinski definition) is 2. The molecule has 2 heterocycles. The van der Waals surface area contributed by atoms with Crippen molar-refractivity contribution in [2.45, 2.75) is 32.2 Å². The Labute approximate surface area is 134 Å². The Kier molecular flexibility index (Phi) is 5.74. The Morgan fingerprint density at radius 2 is 2.00 bits per heavy atom. The van der Waals surface area contributed by atoms with Gasteiger partial charge in [-0.3, -0.25) is 14.6 Å². The third-order valence-electron chi connectivity index (χ3n) is 3.33. The second kappa shape index (κ2) is 7.98. The van der Waals surface area contributed by atoms with Crippen LogP contribution in [0.2, 0.25) is 0 Å². The summed E-state index contributed by atoms with van der Waals surface area (Å²) in [4.78, 5) is 35.8. The number of amides is 2. The highest BCUT2D eigenvalue weighted by molar-refractivity contribution is 5.96. The van der Waals surface area contributed by atoms with Gasteiger partial charge in [0.2, 0.25) is 5.91 Å². The molecule has 2 aromatic heterocycles. The van der Waals surface area contributed by atoms with Crippen molar-refractivity contribution in [1.82, 2.24) is 20.3 Å². The van der Waals surface area contributed by atoms with Gasteiger partial charge in [-0.05, 0) is 18.6 Å². The first kappa shape index (κ1) is 16.5. The molecule has 0 radical (unpaired) electrons. The molecule has 23 heavy (non-hydrogen) atoms. The lowest BCUT2D eigenvalue weighted by atomic mass is 10.1. The molecule has 0 spiro atoms. The number of nitrogens with one attached hydrogen (secondary N) is 1. The number of hydrogen-bond acceptors (Lipinski definition) is 5. The molecule has 1 atom stereocenters. The minimum atomic E-state index is -0.680. The summed E-state index contributed by atoms with van der Waals surface area (Å²) in [6, 6.07) is 2.93. The molecule has 2 aromatic rings. The summed E-state index contributed by atoms with van der Waals surface area (Å²) in [6.07, 6.45) is 8.39. The number of carbonyl (C=O) groups is 2. The molecule has 0 bridgehead atoms. The number of pyridine rings is 1. The maximum absolute atomic E-state index is 12.2. The molecule has 7 nitrogen and oxygen atoms in total. The van der Waals surface area contributed by atoms with Crippen LogP contribution >= 0.6 is 0 Å². The van der Waals surface area contributed by atoms with Gasteiger partial charge in [0.1, 0.15) is 6.04 Å². The van der Waals surface area contributed by atoms with Crippen molar-refractivity contribution in [1.29, 1.82) is 0 Å². The van der Waals surface area contributed by atoms with Crippen LogP contribution in [0.5, 0.6) is 0 Å². The number of nitrogens with zero attached hydrogens (tertiary/aromatic N) is 3. The molecule has 7 heteroatoms. The summed E-state index contributed by atoms with van der Waals surface area (Å²) in [6.45, 7) is 2.00. The topological polar surface area (TPSA) is 111 Å². The van der Waals surface area contributed by atoms with E-state index in [1.165, 1.54) is 12.4 Å². The lowest BCUT2D eigenvalue weighted by Crippen LogP contribution is -2.44. The van der Waals surface area contributed by atoms with Gasteiger partial charge in [0.15, 0.2) is 5.82 Å². The number of primary amides is 1. The zero-order chi connectivity index (χ0) is 16.7. The van der Waals surface area contributed by atoms with Crippen LogP contribution in [-0.4, -0.2) is 32.8 Å². The normalized spacial score (nSPS) is 11.7. The fourth-order valence-electron chi connectivity index (χ4n) is 2.02. The third-order valence-corrected chi connectivity index (χ3v) is 3.33. The Hall–Kier alpha value is -2.83. The van der Waals surface area contributed by atoms with Crippen LogP contribution in [0, 0.1) is 0 Å². The maximum atomic E-state index is 12.2. The smallest absolute Gasteiger partial charge is 0.255 e. The molecule has 0 saturated heterocycles. The summed E-state index contributed by atoms with van der Waals surface area (Å²) in [5.41, 5.74) is 6.35. The SMILES string of the molecule is CCCC[C@@H](NC(=O)c1cnc(-c2cccnc2)nc1)C(N)=O. The number of aromatic nitrogens is 3. The van der Waals surface area contributed by atoms with Gasteiger partial charge < -0.3 is 11.1 Å². The second-order valence-corrected chi connectivity index (χ2v) is 5.11. The highest BCUT2D eigenvalue weighted by Crippen LogP contribution is 2.12. The van der Waals surface area contributed by atoms with E-state index in [-0.39, 0.29) is 5.56 Å². The molecule has 120 valence electrons. The number of unbranched alkanes of at least 4 members (excludes halogenated alkanes) is 1. The minimum Gasteiger partial charge on any atom is -0.368 e. The minimum absolute atomic E-state index is 0.278. The van der Waals surface area contributed by atoms with Crippen LogP contribution < -0.4 is 11.1 Å². The van der Waals surface area contributed by atoms with Crippen molar-refractivity contribution in [3.05, 3.63) is 42.5 Å². The predicted molar refractivity (Wildman–Crippen MR) is 85.2 cm³/mol. The van der Waals surface area contributed by atoms with Crippen LogP contribution in [0.15, 0.2) is 36.9 Å². The van der Waals surface area contributed by atoms with E-state index < -0.39 is 17.9 Å². The molecule has 0 fully saturated rings. The highest BCUT2D eigenvalue weighted by atomic mass is 16.2. The standard InChI is InChI=1S/C16H19N5O2/c1-2-3-6-13(14(17)22)21-16(23)12-9-19-15(20-10-12)11-5-4-7-18-8-11/h4-5,7-10,13H,2-3,6H2,1H3,(H2,17,22)(H,21,23)/t13-/m1/s1. The zero-order valence-corrected chi connectivity index (χ0v) is 12.9. The Morgan fingerprint density at radius 3 is 2.57 bits per heavy atom. The van der Waals surface area contributed by atoms with E-state index in [4.69, 9.17) is 5.73 Å². The molecule has 0 unspecified atom stereocenters. The average Bonchev–Trinajstić information content (AvgIpc) is 2.59. The van der Waals surface area contributed by atoms with Gasteiger partial charge in [-0.1, -0.05) is 19.8 Å². The van der Waals surface area contributed by atoms with Crippen molar-refractivity contribution in [2.75, 3.05) is 0 Å². The molecule has 0 aliphatic rings. The first-order chi connectivity index (χ1) is 11.1. The van der Waals surface area contributed by atoms with Crippen molar-refractivity contribution in [3.63, 3.8) is 0 Å². The molecule has 0 saturated carbocycles. The Bertz CT molecular complexity index is 658. The molecule has 3 N–H and O–H groups in total. The Balaban J connectivity index is 2.06. The fourth-order valence-corrected chi connectivity index (χ4v) is 2.02. The molecule has 0 aliphatic carbocycles. The van der Waals surface area contributed by atoms with E-state index in [2.05, 4.69) is 20.3 Å². The quantitative estimate of drug-likeness (QED) is 0.800. The number of nitrogens with two attached hydrogens (primary N) is 1. The van der Waals surface area contributed by atoms with Crippen LogP contribution in [0.4, 0.5) is 0 Å². The average molecular weight is 313 g/mol. The monoisotopic (exact) mass is 313 g/mol. The lowest BCUT2D eigenvalue weighted by molar-refractivity contribution is -0.120. The molecular weight excluding hydrogens is 294 g/mol. The molecule has 2 amide bonds. The van der Waals surface area contributed by atoms with Crippen LogP contribution in [0.3, 0.4) is 0 Å². The van der Waals surface area contributed by atoms with E-state index in [0.29, 0.717) is 12.2 Å². The highest BCUT2D eigenvalue weighted by Gasteiger charge is 2.18. The summed E-state index contributed by atoms with van der Waals surface area (Å²) >= 11 is 0. The van der Waals surface area contributed by atoms with Crippen LogP contribution in [0.25, 0.3) is 11.4 Å². The number of carbonyl (C=O) groups excluding carboxylic acids is 2.